The molecule has 0 saturated carbocycles. The van der Waals surface area contributed by atoms with E-state index in [1.807, 2.05) is 11.8 Å². The molecule has 34 heavy (non-hydrogen) atoms. The highest BCUT2D eigenvalue weighted by Crippen LogP contribution is 2.22. The van der Waals surface area contributed by atoms with Crippen molar-refractivity contribution in [2.24, 2.45) is 0 Å². The number of urea groups is 2. The van der Waals surface area contributed by atoms with Gasteiger partial charge in [0.05, 0.1) is 17.6 Å². The third-order valence-corrected chi connectivity index (χ3v) is 5.53. The summed E-state index contributed by atoms with van der Waals surface area (Å²) in [6.45, 7) is 3.13. The molecular weight excluding hydrogens is 441 g/mol. The molecule has 11 heteroatoms. The Kier molecular flexibility index (Phi) is 8.00. The van der Waals surface area contributed by atoms with E-state index in [4.69, 9.17) is 0 Å². The molecule has 1 saturated heterocycles. The highest BCUT2D eigenvalue weighted by atomic mass is 19.1. The van der Waals surface area contributed by atoms with Gasteiger partial charge in [-0.05, 0) is 25.1 Å². The molecule has 0 aliphatic carbocycles. The lowest BCUT2D eigenvalue weighted by Gasteiger charge is -2.41. The van der Waals surface area contributed by atoms with Crippen LogP contribution in [0.5, 0.6) is 0 Å². The molecule has 1 fully saturated rings. The van der Waals surface area contributed by atoms with Gasteiger partial charge in [-0.3, -0.25) is 14.7 Å². The molecule has 2 aromatic rings. The number of hydrogen-bond acceptors (Lipinski definition) is 5. The van der Waals surface area contributed by atoms with Crippen LogP contribution in [0.15, 0.2) is 36.5 Å². The first-order valence-corrected chi connectivity index (χ1v) is 10.9. The van der Waals surface area contributed by atoms with Gasteiger partial charge in [0.25, 0.3) is 0 Å². The normalized spacial score (nSPS) is 16.0. The molecule has 2 heterocycles. The summed E-state index contributed by atoms with van der Waals surface area (Å²) in [7, 11) is 4.79. The van der Waals surface area contributed by atoms with Crippen LogP contribution in [0.1, 0.15) is 11.3 Å². The van der Waals surface area contributed by atoms with Crippen LogP contribution in [-0.4, -0.2) is 84.5 Å². The summed E-state index contributed by atoms with van der Waals surface area (Å²) in [4.78, 5) is 46.2. The predicted molar refractivity (Wildman–Crippen MR) is 127 cm³/mol. The molecule has 1 aliphatic rings. The minimum absolute atomic E-state index is 0.0411. The van der Waals surface area contributed by atoms with Crippen LogP contribution in [0.2, 0.25) is 0 Å². The molecule has 1 atom stereocenters. The van der Waals surface area contributed by atoms with Crippen molar-refractivity contribution in [3.05, 3.63) is 53.6 Å². The third kappa shape index (κ3) is 5.98. The van der Waals surface area contributed by atoms with Gasteiger partial charge in [0.15, 0.2) is 5.82 Å². The first kappa shape index (κ1) is 24.9. The van der Waals surface area contributed by atoms with Gasteiger partial charge in [-0.1, -0.05) is 12.1 Å². The zero-order valence-corrected chi connectivity index (χ0v) is 19.8. The highest BCUT2D eigenvalue weighted by molar-refractivity contribution is 5.99. The Morgan fingerprint density at radius 1 is 1.15 bits per heavy atom. The maximum absolute atomic E-state index is 15.2. The number of anilines is 2. The van der Waals surface area contributed by atoms with E-state index < -0.39 is 17.9 Å². The van der Waals surface area contributed by atoms with Crippen LogP contribution in [0.25, 0.3) is 0 Å². The predicted octanol–water partition coefficient (Wildman–Crippen LogP) is 2.09. The van der Waals surface area contributed by atoms with Crippen LogP contribution in [0, 0.1) is 12.7 Å². The summed E-state index contributed by atoms with van der Waals surface area (Å²) in [5.74, 6) is -0.832. The van der Waals surface area contributed by atoms with E-state index in [1.165, 1.54) is 29.1 Å². The number of aromatic nitrogens is 1. The Morgan fingerprint density at radius 2 is 1.91 bits per heavy atom. The van der Waals surface area contributed by atoms with Gasteiger partial charge in [-0.25, -0.2) is 14.0 Å². The van der Waals surface area contributed by atoms with Crippen LogP contribution in [0.4, 0.5) is 25.4 Å². The summed E-state index contributed by atoms with van der Waals surface area (Å²) in [5.41, 5.74) is 1.72. The smallest absolute Gasteiger partial charge is 0.323 e. The van der Waals surface area contributed by atoms with E-state index in [-0.39, 0.29) is 30.7 Å². The molecule has 1 aromatic carbocycles. The van der Waals surface area contributed by atoms with Crippen molar-refractivity contribution in [2.45, 2.75) is 19.5 Å². The van der Waals surface area contributed by atoms with Crippen LogP contribution in [0.3, 0.4) is 0 Å². The Balaban J connectivity index is 1.68. The van der Waals surface area contributed by atoms with Crippen LogP contribution >= 0.6 is 0 Å². The molecule has 3 rings (SSSR count). The van der Waals surface area contributed by atoms with Crippen molar-refractivity contribution in [3.63, 3.8) is 0 Å². The monoisotopic (exact) mass is 471 g/mol. The number of amides is 5. The minimum Gasteiger partial charge on any atom is -0.357 e. The number of carbonyl (C=O) groups is 3. The van der Waals surface area contributed by atoms with E-state index in [1.54, 1.807) is 38.4 Å². The number of likely N-dealkylation sites (N-methyl/N-ethyl adjacent to an activating group) is 1. The fraction of sp³-hybridized carbons (Fsp3) is 0.391. The molecule has 10 nitrogen and oxygen atoms in total. The minimum atomic E-state index is -0.688. The quantitative estimate of drug-likeness (QED) is 0.619. The SMILES string of the molecule is CNC(=O)[C@H]1CN(Cc2cccc(NC(=O)Nc3ccc(C)nc3)c2F)CCN1C(=O)N(C)C. The average Bonchev–Trinajstić information content (AvgIpc) is 2.82. The van der Waals surface area contributed by atoms with Crippen LogP contribution < -0.4 is 16.0 Å². The van der Waals surface area contributed by atoms with Gasteiger partial charge in [-0.15, -0.1) is 0 Å². The fourth-order valence-electron chi connectivity index (χ4n) is 3.73. The summed E-state index contributed by atoms with van der Waals surface area (Å²) < 4.78 is 15.2. The van der Waals surface area contributed by atoms with E-state index in [9.17, 15) is 14.4 Å². The van der Waals surface area contributed by atoms with Gasteiger partial charge in [0.1, 0.15) is 6.04 Å². The summed E-state index contributed by atoms with van der Waals surface area (Å²) in [5, 5.41) is 7.74. The number of halogens is 1. The van der Waals surface area contributed by atoms with Gasteiger partial charge in [0, 0.05) is 58.6 Å². The Morgan fingerprint density at radius 3 is 2.56 bits per heavy atom. The van der Waals surface area contributed by atoms with E-state index in [0.29, 0.717) is 24.3 Å². The van der Waals surface area contributed by atoms with Crippen molar-refractivity contribution in [3.8, 4) is 0 Å². The molecule has 0 radical (unpaired) electrons. The van der Waals surface area contributed by atoms with Gasteiger partial charge in [-0.2, -0.15) is 0 Å². The third-order valence-electron chi connectivity index (χ3n) is 5.53. The number of rotatable bonds is 5. The fourth-order valence-corrected chi connectivity index (χ4v) is 3.73. The molecule has 0 unspecified atom stereocenters. The number of nitrogens with one attached hydrogen (secondary N) is 3. The number of pyridine rings is 1. The van der Waals surface area contributed by atoms with Gasteiger partial charge >= 0.3 is 12.1 Å². The highest BCUT2D eigenvalue weighted by Gasteiger charge is 2.35. The number of nitrogens with zero attached hydrogens (tertiary/aromatic N) is 4. The van der Waals surface area contributed by atoms with Crippen molar-refractivity contribution >= 4 is 29.3 Å². The Hall–Kier alpha value is -3.73. The molecule has 0 spiro atoms. The number of benzene rings is 1. The summed E-state index contributed by atoms with van der Waals surface area (Å²) >= 11 is 0. The molecule has 182 valence electrons. The van der Waals surface area contributed by atoms with Crippen molar-refractivity contribution in [1.29, 1.82) is 0 Å². The molecule has 0 bridgehead atoms. The molecular formula is C23H30FN7O3. The number of aryl methyl sites for hydroxylation is 1. The van der Waals surface area contributed by atoms with Crippen molar-refractivity contribution in [2.75, 3.05) is 51.4 Å². The van der Waals surface area contributed by atoms with Crippen LogP contribution in [-0.2, 0) is 11.3 Å². The van der Waals surface area contributed by atoms with Gasteiger partial charge in [0.2, 0.25) is 5.91 Å². The number of hydrogen-bond donors (Lipinski definition) is 3. The largest absolute Gasteiger partial charge is 0.357 e. The molecule has 5 amide bonds. The molecule has 1 aromatic heterocycles. The zero-order chi connectivity index (χ0) is 24.8. The second-order valence-electron chi connectivity index (χ2n) is 8.28. The second kappa shape index (κ2) is 10.9. The standard InChI is InChI=1S/C23H30FN7O3/c1-15-8-9-17(12-26-15)27-22(33)28-18-7-5-6-16(20(18)24)13-30-10-11-31(23(34)29(3)4)19(14-30)21(32)25-2/h5-9,12,19H,10-11,13-14H2,1-4H3,(H,25,32)(H2,27,28,33)/t19-/m1/s1. The second-order valence-corrected chi connectivity index (χ2v) is 8.28. The Labute approximate surface area is 198 Å². The molecule has 3 N–H and O–H groups in total. The van der Waals surface area contributed by atoms with E-state index >= 15 is 4.39 Å². The number of piperazine rings is 1. The maximum Gasteiger partial charge on any atom is 0.323 e. The van der Waals surface area contributed by atoms with E-state index in [0.717, 1.165) is 5.69 Å². The lowest BCUT2D eigenvalue weighted by atomic mass is 10.1. The first-order valence-electron chi connectivity index (χ1n) is 10.9. The summed E-state index contributed by atoms with van der Waals surface area (Å²) in [6, 6.07) is 6.71. The van der Waals surface area contributed by atoms with Gasteiger partial charge < -0.3 is 25.8 Å². The van der Waals surface area contributed by atoms with E-state index in [2.05, 4.69) is 20.9 Å². The molecule has 1 aliphatic heterocycles. The van der Waals surface area contributed by atoms with Crippen molar-refractivity contribution < 1.29 is 18.8 Å². The summed E-state index contributed by atoms with van der Waals surface area (Å²) in [6.07, 6.45) is 1.52. The van der Waals surface area contributed by atoms with Crippen molar-refractivity contribution in [1.82, 2.24) is 25.0 Å². The zero-order valence-electron chi connectivity index (χ0n) is 19.8. The number of carbonyl (C=O) groups excluding carboxylic acids is 3. The topological polar surface area (TPSA) is 110 Å². The average molecular weight is 472 g/mol. The lowest BCUT2D eigenvalue weighted by Crippen LogP contribution is -2.61. The first-order chi connectivity index (χ1) is 16.2. The Bertz CT molecular complexity index is 1050. The maximum atomic E-state index is 15.2. The lowest BCUT2D eigenvalue weighted by molar-refractivity contribution is -0.127.